The second kappa shape index (κ2) is 7.22. The van der Waals surface area contributed by atoms with Gasteiger partial charge in [-0.15, -0.1) is 0 Å². The Balaban J connectivity index is 1.77. The van der Waals surface area contributed by atoms with Gasteiger partial charge in [0.15, 0.2) is 0 Å². The van der Waals surface area contributed by atoms with E-state index in [1.807, 2.05) is 4.90 Å². The molecule has 1 amide bonds. The first-order chi connectivity index (χ1) is 9.20. The third kappa shape index (κ3) is 4.75. The fourth-order valence-corrected chi connectivity index (χ4v) is 2.74. The topological polar surface area (TPSA) is 55.8 Å². The van der Waals surface area contributed by atoms with Crippen molar-refractivity contribution in [2.24, 2.45) is 0 Å². The number of likely N-dealkylation sites (tertiary alicyclic amines) is 1. The Labute approximate surface area is 115 Å². The minimum Gasteiger partial charge on any atom is -0.395 e. The minimum atomic E-state index is 0.0636. The zero-order valence-electron chi connectivity index (χ0n) is 12.0. The number of aliphatic hydroxyl groups is 1. The van der Waals surface area contributed by atoms with Gasteiger partial charge in [-0.2, -0.15) is 0 Å². The molecular formula is C14H27N3O2. The van der Waals surface area contributed by atoms with Crippen LogP contribution in [0.1, 0.15) is 32.1 Å². The van der Waals surface area contributed by atoms with Gasteiger partial charge in [0.2, 0.25) is 5.91 Å². The number of hydrogen-bond donors (Lipinski definition) is 2. The lowest BCUT2D eigenvalue weighted by molar-refractivity contribution is -0.135. The largest absolute Gasteiger partial charge is 0.395 e. The van der Waals surface area contributed by atoms with Gasteiger partial charge in [0.1, 0.15) is 0 Å². The van der Waals surface area contributed by atoms with Crippen molar-refractivity contribution >= 4 is 5.91 Å². The van der Waals surface area contributed by atoms with Crippen LogP contribution in [0, 0.1) is 0 Å². The molecule has 2 rings (SSSR count). The second-order valence-corrected chi connectivity index (χ2v) is 5.82. The quantitative estimate of drug-likeness (QED) is 0.685. The lowest BCUT2D eigenvalue weighted by Crippen LogP contribution is -2.48. The third-order valence-corrected chi connectivity index (χ3v) is 4.14. The summed E-state index contributed by atoms with van der Waals surface area (Å²) in [4.78, 5) is 16.5. The number of carbonyl (C=O) groups excluding carboxylic acids is 1. The maximum absolute atomic E-state index is 12.3. The van der Waals surface area contributed by atoms with Crippen molar-refractivity contribution in [3.8, 4) is 0 Å². The van der Waals surface area contributed by atoms with Gasteiger partial charge in [-0.1, -0.05) is 0 Å². The van der Waals surface area contributed by atoms with Crippen LogP contribution in [0.4, 0.5) is 0 Å². The van der Waals surface area contributed by atoms with Gasteiger partial charge >= 0.3 is 0 Å². The fraction of sp³-hybridized carbons (Fsp3) is 0.929. The average molecular weight is 269 g/mol. The summed E-state index contributed by atoms with van der Waals surface area (Å²) in [7, 11) is 2.12. The number of nitrogens with zero attached hydrogens (tertiary/aromatic N) is 2. The van der Waals surface area contributed by atoms with Gasteiger partial charge in [-0.25, -0.2) is 0 Å². The number of amides is 1. The van der Waals surface area contributed by atoms with E-state index >= 15 is 0 Å². The van der Waals surface area contributed by atoms with Crippen molar-refractivity contribution in [3.05, 3.63) is 0 Å². The van der Waals surface area contributed by atoms with Crippen LogP contribution >= 0.6 is 0 Å². The standard InChI is InChI=1S/C14H27N3O2/c1-16-8-5-13(6-9-16)17(10-11-18)14(19)4-7-15-12-2-3-12/h12-13,15,18H,2-11H2,1H3. The summed E-state index contributed by atoms with van der Waals surface area (Å²) in [6.07, 6.45) is 5.12. The van der Waals surface area contributed by atoms with E-state index in [0.717, 1.165) is 32.5 Å². The van der Waals surface area contributed by atoms with Crippen molar-refractivity contribution in [1.82, 2.24) is 15.1 Å². The molecule has 0 aromatic carbocycles. The Bertz CT molecular complexity index is 286. The summed E-state index contributed by atoms with van der Waals surface area (Å²) in [5.74, 6) is 0.191. The molecule has 2 N–H and O–H groups in total. The lowest BCUT2D eigenvalue weighted by atomic mass is 10.0. The summed E-state index contributed by atoms with van der Waals surface area (Å²) in [5.41, 5.74) is 0. The molecule has 1 aliphatic heterocycles. The van der Waals surface area contributed by atoms with E-state index < -0.39 is 0 Å². The van der Waals surface area contributed by atoms with E-state index in [0.29, 0.717) is 25.0 Å². The molecule has 0 radical (unpaired) electrons. The molecule has 110 valence electrons. The fourth-order valence-electron chi connectivity index (χ4n) is 2.74. The predicted molar refractivity (Wildman–Crippen MR) is 75.0 cm³/mol. The van der Waals surface area contributed by atoms with E-state index in [-0.39, 0.29) is 12.5 Å². The van der Waals surface area contributed by atoms with Crippen molar-refractivity contribution in [2.45, 2.75) is 44.2 Å². The molecule has 0 unspecified atom stereocenters. The smallest absolute Gasteiger partial charge is 0.224 e. The highest BCUT2D eigenvalue weighted by molar-refractivity contribution is 5.76. The maximum atomic E-state index is 12.3. The SMILES string of the molecule is CN1CCC(N(CCO)C(=O)CCNC2CC2)CC1. The second-order valence-electron chi connectivity index (χ2n) is 5.82. The van der Waals surface area contributed by atoms with Crippen molar-refractivity contribution in [2.75, 3.05) is 39.8 Å². The molecule has 0 aromatic rings. The number of rotatable bonds is 7. The molecule has 0 spiro atoms. The monoisotopic (exact) mass is 269 g/mol. The van der Waals surface area contributed by atoms with Gasteiger partial charge in [-0.3, -0.25) is 4.79 Å². The van der Waals surface area contributed by atoms with Crippen LogP contribution in [-0.4, -0.2) is 72.7 Å². The van der Waals surface area contributed by atoms with E-state index in [1.165, 1.54) is 12.8 Å². The highest BCUT2D eigenvalue weighted by Crippen LogP contribution is 2.19. The van der Waals surface area contributed by atoms with E-state index in [9.17, 15) is 9.90 Å². The molecule has 1 saturated carbocycles. The van der Waals surface area contributed by atoms with Crippen LogP contribution in [0.25, 0.3) is 0 Å². The molecule has 2 fully saturated rings. The average Bonchev–Trinajstić information content (AvgIpc) is 3.21. The molecule has 5 nitrogen and oxygen atoms in total. The molecule has 0 atom stereocenters. The Morgan fingerprint density at radius 3 is 2.58 bits per heavy atom. The van der Waals surface area contributed by atoms with Crippen molar-refractivity contribution in [3.63, 3.8) is 0 Å². The van der Waals surface area contributed by atoms with Crippen LogP contribution in [0.3, 0.4) is 0 Å². The Morgan fingerprint density at radius 2 is 2.00 bits per heavy atom. The summed E-state index contributed by atoms with van der Waals surface area (Å²) in [6, 6.07) is 0.971. The first-order valence-corrected chi connectivity index (χ1v) is 7.53. The summed E-state index contributed by atoms with van der Waals surface area (Å²) in [5, 5.41) is 12.5. The van der Waals surface area contributed by atoms with Gasteiger partial charge in [0.25, 0.3) is 0 Å². The van der Waals surface area contributed by atoms with Crippen molar-refractivity contribution < 1.29 is 9.90 Å². The predicted octanol–water partition coefficient (Wildman–Crippen LogP) is 0.0436. The van der Waals surface area contributed by atoms with Gasteiger partial charge in [0.05, 0.1) is 6.61 Å². The summed E-state index contributed by atoms with van der Waals surface area (Å²) >= 11 is 0. The number of aliphatic hydroxyl groups excluding tert-OH is 1. The van der Waals surface area contributed by atoms with Gasteiger partial charge in [-0.05, 0) is 45.8 Å². The third-order valence-electron chi connectivity index (χ3n) is 4.14. The normalized spacial score (nSPS) is 21.6. The Morgan fingerprint density at radius 1 is 1.32 bits per heavy atom. The van der Waals surface area contributed by atoms with Crippen LogP contribution < -0.4 is 5.32 Å². The molecular weight excluding hydrogens is 242 g/mol. The van der Waals surface area contributed by atoms with Crippen molar-refractivity contribution in [1.29, 1.82) is 0 Å². The highest BCUT2D eigenvalue weighted by Gasteiger charge is 2.27. The van der Waals surface area contributed by atoms with E-state index in [2.05, 4.69) is 17.3 Å². The number of carbonyl (C=O) groups is 1. The highest BCUT2D eigenvalue weighted by atomic mass is 16.3. The lowest BCUT2D eigenvalue weighted by Gasteiger charge is -2.37. The Kier molecular flexibility index (Phi) is 5.60. The van der Waals surface area contributed by atoms with Gasteiger partial charge < -0.3 is 20.2 Å². The minimum absolute atomic E-state index is 0.0636. The first kappa shape index (κ1) is 14.8. The van der Waals surface area contributed by atoms with E-state index in [1.54, 1.807) is 0 Å². The van der Waals surface area contributed by atoms with Crippen LogP contribution in [0.2, 0.25) is 0 Å². The van der Waals surface area contributed by atoms with Gasteiger partial charge in [0, 0.05) is 31.6 Å². The van der Waals surface area contributed by atoms with Crippen LogP contribution in [-0.2, 0) is 4.79 Å². The Hall–Kier alpha value is -0.650. The molecule has 5 heteroatoms. The number of piperidine rings is 1. The van der Waals surface area contributed by atoms with Crippen LogP contribution in [0.5, 0.6) is 0 Å². The molecule has 2 aliphatic rings. The molecule has 1 aliphatic carbocycles. The molecule has 1 heterocycles. The molecule has 19 heavy (non-hydrogen) atoms. The zero-order valence-corrected chi connectivity index (χ0v) is 12.0. The summed E-state index contributed by atoms with van der Waals surface area (Å²) < 4.78 is 0. The number of hydrogen-bond acceptors (Lipinski definition) is 4. The zero-order chi connectivity index (χ0) is 13.7. The molecule has 0 bridgehead atoms. The maximum Gasteiger partial charge on any atom is 0.224 e. The first-order valence-electron chi connectivity index (χ1n) is 7.53. The van der Waals surface area contributed by atoms with E-state index in [4.69, 9.17) is 0 Å². The summed E-state index contributed by atoms with van der Waals surface area (Å²) in [6.45, 7) is 3.41. The van der Waals surface area contributed by atoms with Crippen LogP contribution in [0.15, 0.2) is 0 Å². The number of nitrogens with one attached hydrogen (secondary N) is 1. The molecule has 1 saturated heterocycles. The molecule has 0 aromatic heterocycles.